The molecule has 0 bridgehead atoms. The Morgan fingerprint density at radius 1 is 0.852 bits per heavy atom. The Hall–Kier alpha value is -5.50. The number of methoxy groups -OCH3 is 1. The van der Waals surface area contributed by atoms with Gasteiger partial charge in [-0.25, -0.2) is 4.79 Å². The number of fused-ring (bicyclic) bond motifs is 3. The molecule has 0 fully saturated rings. The second-order valence-electron chi connectivity index (χ2n) is 15.7. The first kappa shape index (κ1) is 48.2. The van der Waals surface area contributed by atoms with Gasteiger partial charge in [-0.3, -0.25) is 19.4 Å². The molecule has 14 nitrogen and oxygen atoms in total. The standard InChI is InChI=1S/C46H56N2O12Si/c1-10-46(4,44(53)54-6)27-33(41(50)60-61(55-7,56-8)57-9)25-32(26-45(2,3)43(52)58-24-14-23-49)31-21-19-30(20-22-31)29-59-42(51)37-18-13-17-36-39(37)34-15-11-12-16-35(34)40(36)38(28-47)48-5/h11-13,15-22,32-33,49H,5,10,14,23-27,29H2,1-4,6-9H3/b40-38-. The third-order valence-corrected chi connectivity index (χ3v) is 13.2. The average molecular weight is 857 g/mol. The Bertz CT molecular complexity index is 2130. The van der Waals surface area contributed by atoms with Crippen LogP contribution in [-0.2, 0) is 52.9 Å². The van der Waals surface area contributed by atoms with E-state index >= 15 is 0 Å². The highest BCUT2D eigenvalue weighted by Crippen LogP contribution is 2.48. The Morgan fingerprint density at radius 2 is 1.49 bits per heavy atom. The maximum Gasteiger partial charge on any atom is 0.750 e. The molecule has 4 rings (SSSR count). The summed E-state index contributed by atoms with van der Waals surface area (Å²) in [4.78, 5) is 58.4. The van der Waals surface area contributed by atoms with E-state index in [0.29, 0.717) is 34.2 Å². The van der Waals surface area contributed by atoms with Crippen molar-refractivity contribution in [2.24, 2.45) is 21.7 Å². The predicted molar refractivity (Wildman–Crippen MR) is 228 cm³/mol. The summed E-state index contributed by atoms with van der Waals surface area (Å²) in [6.07, 6.45) is 1.02. The summed E-state index contributed by atoms with van der Waals surface area (Å²) >= 11 is 0. The summed E-state index contributed by atoms with van der Waals surface area (Å²) in [5.41, 5.74) is 3.26. The number of aliphatic hydroxyl groups is 1. The number of aliphatic hydroxyl groups excluding tert-OH is 1. The van der Waals surface area contributed by atoms with Gasteiger partial charge in [-0.1, -0.05) is 67.6 Å². The molecule has 1 aliphatic rings. The Balaban J connectivity index is 1.68. The molecule has 0 saturated carbocycles. The SMILES string of the molecule is C=N/C(C#N)=C1/c2ccccc2-c2c(C(=O)OCc3ccc(C(CC(CC(C)(CC)C(=O)OC)C(=O)O[Si](OC)(OC)OC)CC(C)(C)C(=O)OCCCO)cc3)cccc21. The molecular formula is C46H56N2O12Si. The summed E-state index contributed by atoms with van der Waals surface area (Å²) < 4.78 is 38.5. The fourth-order valence-electron chi connectivity index (χ4n) is 7.63. The lowest BCUT2D eigenvalue weighted by atomic mass is 9.72. The van der Waals surface area contributed by atoms with E-state index in [0.717, 1.165) is 16.7 Å². The smallest absolute Gasteiger partial charge is 0.469 e. The van der Waals surface area contributed by atoms with Gasteiger partial charge in [0.2, 0.25) is 0 Å². The summed E-state index contributed by atoms with van der Waals surface area (Å²) in [6, 6.07) is 22.1. The van der Waals surface area contributed by atoms with E-state index < -0.39 is 55.6 Å². The van der Waals surface area contributed by atoms with Gasteiger partial charge < -0.3 is 37.0 Å². The minimum atomic E-state index is -3.89. The number of esters is 3. The third-order valence-electron chi connectivity index (χ3n) is 11.2. The van der Waals surface area contributed by atoms with Crippen LogP contribution in [-0.4, -0.2) is 86.4 Å². The highest BCUT2D eigenvalue weighted by Gasteiger charge is 2.50. The lowest BCUT2D eigenvalue weighted by molar-refractivity contribution is -0.156. The molecule has 0 aliphatic heterocycles. The molecule has 0 spiro atoms. The van der Waals surface area contributed by atoms with Gasteiger partial charge >= 0.3 is 27.0 Å². The van der Waals surface area contributed by atoms with Gasteiger partial charge in [-0.15, -0.1) is 0 Å². The molecule has 15 heteroatoms. The molecule has 3 aromatic rings. The predicted octanol–water partition coefficient (Wildman–Crippen LogP) is 7.34. The van der Waals surface area contributed by atoms with Gasteiger partial charge in [-0.05, 0) is 93.0 Å². The topological polar surface area (TPSA) is 189 Å². The van der Waals surface area contributed by atoms with Gasteiger partial charge in [0.25, 0.3) is 5.97 Å². The largest absolute Gasteiger partial charge is 0.750 e. The number of hydrogen-bond donors (Lipinski definition) is 1. The van der Waals surface area contributed by atoms with Crippen LogP contribution in [0.25, 0.3) is 16.7 Å². The van der Waals surface area contributed by atoms with Gasteiger partial charge in [0.15, 0.2) is 0 Å². The van der Waals surface area contributed by atoms with Crippen molar-refractivity contribution in [1.82, 2.24) is 0 Å². The van der Waals surface area contributed by atoms with Crippen LogP contribution in [0, 0.1) is 28.1 Å². The van der Waals surface area contributed by atoms with Crippen molar-refractivity contribution in [3.05, 3.63) is 100 Å². The van der Waals surface area contributed by atoms with Gasteiger partial charge in [0.1, 0.15) is 18.4 Å². The van der Waals surface area contributed by atoms with E-state index in [1.807, 2.05) is 49.4 Å². The van der Waals surface area contributed by atoms with Crippen molar-refractivity contribution < 1.29 is 56.2 Å². The molecule has 61 heavy (non-hydrogen) atoms. The minimum Gasteiger partial charge on any atom is -0.469 e. The Morgan fingerprint density at radius 3 is 2.07 bits per heavy atom. The molecule has 0 amide bonds. The van der Waals surface area contributed by atoms with Gasteiger partial charge in [0, 0.05) is 45.5 Å². The van der Waals surface area contributed by atoms with E-state index in [-0.39, 0.29) is 51.2 Å². The zero-order chi connectivity index (χ0) is 45.0. The van der Waals surface area contributed by atoms with Crippen molar-refractivity contribution in [3.63, 3.8) is 0 Å². The van der Waals surface area contributed by atoms with Crippen LogP contribution in [0.15, 0.2) is 77.4 Å². The third kappa shape index (κ3) is 11.1. The number of carbonyl (C=O) groups excluding carboxylic acids is 4. The quantitative estimate of drug-likeness (QED) is 0.0207. The molecular weight excluding hydrogens is 801 g/mol. The maximum absolute atomic E-state index is 14.2. The van der Waals surface area contributed by atoms with Crippen molar-refractivity contribution in [1.29, 1.82) is 5.26 Å². The van der Waals surface area contributed by atoms with Crippen molar-refractivity contribution >= 4 is 45.2 Å². The van der Waals surface area contributed by atoms with Crippen LogP contribution in [0.3, 0.4) is 0 Å². The van der Waals surface area contributed by atoms with Crippen molar-refractivity contribution in [3.8, 4) is 17.2 Å². The second kappa shape index (κ2) is 21.3. The van der Waals surface area contributed by atoms with E-state index in [9.17, 15) is 29.5 Å². The van der Waals surface area contributed by atoms with Crippen LogP contribution in [0.4, 0.5) is 0 Å². The molecule has 326 valence electrons. The van der Waals surface area contributed by atoms with Gasteiger partial charge in [0.05, 0.1) is 36.0 Å². The normalized spacial score (nSPS) is 14.9. The first-order valence-electron chi connectivity index (χ1n) is 20.0. The van der Waals surface area contributed by atoms with Crippen molar-refractivity contribution in [2.75, 3.05) is 41.7 Å². The summed E-state index contributed by atoms with van der Waals surface area (Å²) in [5.74, 6) is -3.65. The van der Waals surface area contributed by atoms with Gasteiger partial charge in [-0.2, -0.15) is 5.26 Å². The minimum absolute atomic E-state index is 0.0371. The molecule has 0 heterocycles. The molecule has 3 atom stereocenters. The number of rotatable bonds is 22. The summed E-state index contributed by atoms with van der Waals surface area (Å²) in [5, 5.41) is 19.1. The van der Waals surface area contributed by atoms with E-state index in [2.05, 4.69) is 17.8 Å². The number of benzene rings is 3. The number of nitriles is 1. The van der Waals surface area contributed by atoms with E-state index in [1.165, 1.54) is 28.4 Å². The number of nitrogens with zero attached hydrogens (tertiary/aromatic N) is 2. The fraction of sp³-hybridized carbons (Fsp3) is 0.435. The number of allylic oxidation sites excluding steroid dienone is 1. The van der Waals surface area contributed by atoms with Crippen LogP contribution in [0.2, 0.25) is 0 Å². The molecule has 0 aromatic heterocycles. The monoisotopic (exact) mass is 856 g/mol. The lowest BCUT2D eigenvalue weighted by Gasteiger charge is -2.34. The van der Waals surface area contributed by atoms with E-state index in [1.54, 1.807) is 45.0 Å². The van der Waals surface area contributed by atoms with E-state index in [4.69, 9.17) is 31.9 Å². The number of ether oxygens (including phenoxy) is 3. The Labute approximate surface area is 358 Å². The summed E-state index contributed by atoms with van der Waals surface area (Å²) in [6.45, 7) is 10.5. The second-order valence-corrected chi connectivity index (χ2v) is 18.1. The Kier molecular flexibility index (Phi) is 16.8. The highest BCUT2D eigenvalue weighted by atomic mass is 28.4. The lowest BCUT2D eigenvalue weighted by Crippen LogP contribution is -2.49. The fourth-order valence-corrected chi connectivity index (χ4v) is 8.80. The zero-order valence-electron chi connectivity index (χ0n) is 36.2. The van der Waals surface area contributed by atoms with Crippen LogP contribution >= 0.6 is 0 Å². The summed E-state index contributed by atoms with van der Waals surface area (Å²) in [7, 11) is 1.34. The number of carbonyl (C=O) groups is 4. The average Bonchev–Trinajstić information content (AvgIpc) is 3.61. The zero-order valence-corrected chi connectivity index (χ0v) is 37.2. The molecule has 1 aliphatic carbocycles. The van der Waals surface area contributed by atoms with Crippen molar-refractivity contribution in [2.45, 2.75) is 72.3 Å². The molecule has 3 unspecified atom stereocenters. The number of aliphatic imine (C=N–C) groups is 1. The molecule has 0 radical (unpaired) electrons. The molecule has 0 saturated heterocycles. The van der Waals surface area contributed by atoms with Crippen LogP contribution in [0.1, 0.15) is 98.3 Å². The first-order chi connectivity index (χ1) is 29.1. The number of hydrogen-bond acceptors (Lipinski definition) is 14. The van der Waals surface area contributed by atoms with Crippen LogP contribution in [0.5, 0.6) is 0 Å². The first-order valence-corrected chi connectivity index (χ1v) is 21.6. The molecule has 3 aromatic carbocycles. The maximum atomic E-state index is 14.2. The van der Waals surface area contributed by atoms with Crippen LogP contribution < -0.4 is 0 Å². The highest BCUT2D eigenvalue weighted by molar-refractivity contribution is 6.55. The molecule has 1 N–H and O–H groups in total.